The fourth-order valence-corrected chi connectivity index (χ4v) is 3.46. The molecule has 3 aromatic rings. The zero-order valence-electron chi connectivity index (χ0n) is 14.6. The molecule has 1 atom stereocenters. The van der Waals surface area contributed by atoms with Crippen LogP contribution in [-0.4, -0.2) is 22.3 Å². The molecular weight excluding hydrogens is 406 g/mol. The van der Waals surface area contributed by atoms with Gasteiger partial charge in [-0.25, -0.2) is 4.39 Å². The summed E-state index contributed by atoms with van der Waals surface area (Å²) in [5.41, 5.74) is 1.49. The minimum Gasteiger partial charge on any atom is -0.490 e. The summed E-state index contributed by atoms with van der Waals surface area (Å²) in [6.45, 7) is -0.145. The number of halogens is 3. The van der Waals surface area contributed by atoms with Crippen LogP contribution in [0.25, 0.3) is 11.1 Å². The third kappa shape index (κ3) is 3.70. The van der Waals surface area contributed by atoms with E-state index in [-0.39, 0.29) is 24.4 Å². The zero-order valence-corrected chi connectivity index (χ0v) is 16.1. The number of benzene rings is 2. The predicted molar refractivity (Wildman–Crippen MR) is 105 cm³/mol. The van der Waals surface area contributed by atoms with E-state index in [1.165, 1.54) is 6.07 Å². The van der Waals surface area contributed by atoms with Crippen LogP contribution in [0.15, 0.2) is 53.3 Å². The first-order valence-electron chi connectivity index (χ1n) is 8.56. The van der Waals surface area contributed by atoms with E-state index in [0.717, 1.165) is 11.1 Å². The molecular formula is C20H15Cl2FN2O3. The lowest BCUT2D eigenvalue weighted by Gasteiger charge is -2.12. The molecule has 0 spiro atoms. The Bertz CT molecular complexity index is 1070. The number of alkyl halides is 1. The topological polar surface area (TPSA) is 53.4 Å². The van der Waals surface area contributed by atoms with Crippen LogP contribution in [0, 0.1) is 0 Å². The monoisotopic (exact) mass is 420 g/mol. The average molecular weight is 421 g/mol. The number of rotatable bonds is 5. The molecule has 0 bridgehead atoms. The first-order valence-corrected chi connectivity index (χ1v) is 9.31. The summed E-state index contributed by atoms with van der Waals surface area (Å²) in [5, 5.41) is 0.998. The number of hydrogen-bond donors (Lipinski definition) is 0. The van der Waals surface area contributed by atoms with Crippen LogP contribution in [0.4, 0.5) is 4.39 Å². The lowest BCUT2D eigenvalue weighted by Crippen LogP contribution is -2.23. The summed E-state index contributed by atoms with van der Waals surface area (Å²) < 4.78 is 26.0. The van der Waals surface area contributed by atoms with Gasteiger partial charge in [0.05, 0.1) is 22.3 Å². The normalized spacial score (nSPS) is 15.2. The smallest absolute Gasteiger partial charge is 0.300 e. The Balaban J connectivity index is 1.42. The highest BCUT2D eigenvalue weighted by Crippen LogP contribution is 2.34. The molecule has 0 saturated carbocycles. The summed E-state index contributed by atoms with van der Waals surface area (Å²) in [5.74, 6) is 0.648. The second kappa shape index (κ2) is 7.81. The van der Waals surface area contributed by atoms with Crippen molar-refractivity contribution in [3.8, 4) is 22.9 Å². The molecule has 1 aliphatic heterocycles. The molecule has 0 aliphatic carbocycles. The molecule has 5 nitrogen and oxygen atoms in total. The Kier molecular flexibility index (Phi) is 5.24. The van der Waals surface area contributed by atoms with Gasteiger partial charge in [-0.1, -0.05) is 47.5 Å². The number of hydrogen-bond acceptors (Lipinski definition) is 4. The second-order valence-electron chi connectivity index (χ2n) is 6.29. The molecule has 8 heteroatoms. The average Bonchev–Trinajstić information content (AvgIpc) is 3.11. The zero-order chi connectivity index (χ0) is 19.7. The summed E-state index contributed by atoms with van der Waals surface area (Å²) in [4.78, 5) is 15.2. The van der Waals surface area contributed by atoms with Crippen LogP contribution in [0.2, 0.25) is 10.0 Å². The van der Waals surface area contributed by atoms with Crippen molar-refractivity contribution in [3.05, 3.63) is 74.6 Å². The van der Waals surface area contributed by atoms with Crippen LogP contribution in [0.1, 0.15) is 5.69 Å². The van der Waals surface area contributed by atoms with E-state index in [2.05, 4.69) is 4.98 Å². The molecule has 2 aromatic carbocycles. The summed E-state index contributed by atoms with van der Waals surface area (Å²) in [6, 6.07) is 14.2. The van der Waals surface area contributed by atoms with Crippen molar-refractivity contribution in [3.63, 3.8) is 0 Å². The molecule has 2 heterocycles. The van der Waals surface area contributed by atoms with Gasteiger partial charge in [-0.15, -0.1) is 0 Å². The molecule has 1 aliphatic rings. The van der Waals surface area contributed by atoms with Crippen molar-refractivity contribution in [1.82, 2.24) is 9.55 Å². The second-order valence-corrected chi connectivity index (χ2v) is 7.07. The Morgan fingerprint density at radius 2 is 2.00 bits per heavy atom. The van der Waals surface area contributed by atoms with Gasteiger partial charge in [-0.3, -0.25) is 9.36 Å². The molecule has 0 N–H and O–H groups in total. The van der Waals surface area contributed by atoms with Crippen molar-refractivity contribution < 1.29 is 13.9 Å². The summed E-state index contributed by atoms with van der Waals surface area (Å²) in [7, 11) is 0. The van der Waals surface area contributed by atoms with Gasteiger partial charge in [0.2, 0.25) is 0 Å². The minimum absolute atomic E-state index is 0.125. The van der Waals surface area contributed by atoms with Gasteiger partial charge < -0.3 is 9.47 Å². The standard InChI is InChI=1S/C20H15Cl2FN2O3/c21-17-3-1-2-16(19(17)22)12-4-6-14(7-5-12)27-11-15-10-25-13(9-23)8-18(26)24-20(25)28-15/h1-8,15H,9-11H2/t15-/m0/s1. The molecule has 1 aromatic heterocycles. The van der Waals surface area contributed by atoms with Crippen molar-refractivity contribution in [2.45, 2.75) is 19.3 Å². The highest BCUT2D eigenvalue weighted by atomic mass is 35.5. The fourth-order valence-electron chi connectivity index (χ4n) is 3.05. The van der Waals surface area contributed by atoms with E-state index in [4.69, 9.17) is 32.7 Å². The lowest BCUT2D eigenvalue weighted by molar-refractivity contribution is 0.143. The van der Waals surface area contributed by atoms with Gasteiger partial charge >= 0.3 is 6.01 Å². The van der Waals surface area contributed by atoms with E-state index in [1.54, 1.807) is 10.6 Å². The maximum atomic E-state index is 13.1. The van der Waals surface area contributed by atoms with Crippen LogP contribution in [0.3, 0.4) is 0 Å². The van der Waals surface area contributed by atoms with E-state index in [0.29, 0.717) is 22.3 Å². The summed E-state index contributed by atoms with van der Waals surface area (Å²) >= 11 is 12.3. The molecule has 0 fully saturated rings. The summed E-state index contributed by atoms with van der Waals surface area (Å²) in [6.07, 6.45) is -0.360. The first kappa shape index (κ1) is 18.8. The fraction of sp³-hybridized carbons (Fsp3) is 0.200. The largest absolute Gasteiger partial charge is 0.490 e. The predicted octanol–water partition coefficient (Wildman–Crippen LogP) is 4.53. The first-order chi connectivity index (χ1) is 13.5. The van der Waals surface area contributed by atoms with E-state index < -0.39 is 12.2 Å². The van der Waals surface area contributed by atoms with Crippen molar-refractivity contribution in [1.29, 1.82) is 0 Å². The maximum Gasteiger partial charge on any atom is 0.300 e. The highest BCUT2D eigenvalue weighted by Gasteiger charge is 2.26. The molecule has 0 radical (unpaired) electrons. The van der Waals surface area contributed by atoms with Crippen LogP contribution in [-0.2, 0) is 13.2 Å². The quantitative estimate of drug-likeness (QED) is 0.608. The van der Waals surface area contributed by atoms with Gasteiger partial charge in [0, 0.05) is 11.6 Å². The molecule has 0 amide bonds. The van der Waals surface area contributed by atoms with Gasteiger partial charge in [-0.05, 0) is 23.8 Å². The molecule has 28 heavy (non-hydrogen) atoms. The van der Waals surface area contributed by atoms with Gasteiger partial charge in [0.25, 0.3) is 5.56 Å². The Morgan fingerprint density at radius 1 is 1.21 bits per heavy atom. The Morgan fingerprint density at radius 3 is 2.75 bits per heavy atom. The third-order valence-electron chi connectivity index (χ3n) is 4.42. The lowest BCUT2D eigenvalue weighted by atomic mass is 10.1. The van der Waals surface area contributed by atoms with E-state index >= 15 is 0 Å². The van der Waals surface area contributed by atoms with Crippen LogP contribution in [0.5, 0.6) is 11.8 Å². The SMILES string of the molecule is O=c1cc(CF)n2c(n1)O[C@H](COc1ccc(-c3cccc(Cl)c3Cl)cc1)C2. The number of ether oxygens (including phenoxy) is 2. The maximum absolute atomic E-state index is 13.1. The number of aromatic nitrogens is 2. The molecule has 0 saturated heterocycles. The van der Waals surface area contributed by atoms with Crippen LogP contribution < -0.4 is 15.0 Å². The minimum atomic E-state index is -0.755. The van der Waals surface area contributed by atoms with Gasteiger partial charge in [-0.2, -0.15) is 4.98 Å². The number of fused-ring (bicyclic) bond motifs is 1. The third-order valence-corrected chi connectivity index (χ3v) is 5.24. The van der Waals surface area contributed by atoms with Crippen LogP contribution >= 0.6 is 23.2 Å². The molecule has 144 valence electrons. The Hall–Kier alpha value is -2.57. The van der Waals surface area contributed by atoms with Crippen molar-refractivity contribution in [2.24, 2.45) is 0 Å². The van der Waals surface area contributed by atoms with Gasteiger partial charge in [0.1, 0.15) is 19.0 Å². The number of nitrogens with zero attached hydrogens (tertiary/aromatic N) is 2. The van der Waals surface area contributed by atoms with E-state index in [9.17, 15) is 9.18 Å². The molecule has 0 unspecified atom stereocenters. The van der Waals surface area contributed by atoms with Crippen molar-refractivity contribution >= 4 is 23.2 Å². The molecule has 4 rings (SSSR count). The van der Waals surface area contributed by atoms with E-state index in [1.807, 2.05) is 36.4 Å². The van der Waals surface area contributed by atoms with Gasteiger partial charge in [0.15, 0.2) is 6.10 Å². The Labute approximate surface area is 170 Å². The highest BCUT2D eigenvalue weighted by molar-refractivity contribution is 6.43. The van der Waals surface area contributed by atoms with Crippen molar-refractivity contribution in [2.75, 3.05) is 6.61 Å².